The number of benzene rings is 1. The molecule has 1 aliphatic heterocycles. The summed E-state index contributed by atoms with van der Waals surface area (Å²) in [4.78, 5) is 26.5. The Hall–Kier alpha value is -1.93. The van der Waals surface area contributed by atoms with Gasteiger partial charge in [-0.2, -0.15) is 0 Å². The summed E-state index contributed by atoms with van der Waals surface area (Å²) in [6.07, 6.45) is 0.232. The third kappa shape index (κ3) is 5.36. The predicted molar refractivity (Wildman–Crippen MR) is 115 cm³/mol. The number of carbonyl (C=O) groups excluding carboxylic acids is 2. The molecule has 2 N–H and O–H groups in total. The Morgan fingerprint density at radius 3 is 2.59 bits per heavy atom. The first kappa shape index (κ1) is 21.8. The average Bonchev–Trinajstić information content (AvgIpc) is 3.04. The summed E-state index contributed by atoms with van der Waals surface area (Å²) >= 11 is 7.63. The summed E-state index contributed by atoms with van der Waals surface area (Å²) in [6, 6.07) is 7.31. The minimum Gasteiger partial charge on any atom is -0.462 e. The Labute approximate surface area is 179 Å². The molecule has 2 aromatic rings. The van der Waals surface area contributed by atoms with Crippen LogP contribution in [0.5, 0.6) is 0 Å². The number of nitrogens with one attached hydrogen (secondary N) is 2. The number of esters is 1. The standard InChI is InChI=1S/C21H25ClN2O4S/c1-4-27-21(26)19-16(15-7-5-6-8-17(15)22)12-29-20(19)23-18(25)11-24-9-13(2)28-14(3)10-24/h5-8,12-14H,4,9-11H2,1-3H3,(H,23,25)/p+1/t13-,14-/m1/s1. The minimum atomic E-state index is -0.472. The zero-order valence-corrected chi connectivity index (χ0v) is 18.4. The van der Waals surface area contributed by atoms with Gasteiger partial charge in [0.25, 0.3) is 5.91 Å². The number of ether oxygens (including phenoxy) is 2. The summed E-state index contributed by atoms with van der Waals surface area (Å²) in [6.45, 7) is 7.90. The first-order chi connectivity index (χ1) is 13.9. The fraction of sp³-hybridized carbons (Fsp3) is 0.429. The maximum atomic E-state index is 12.7. The lowest BCUT2D eigenvalue weighted by molar-refractivity contribution is -0.907. The molecule has 1 aromatic heterocycles. The van der Waals surface area contributed by atoms with Crippen LogP contribution in [-0.2, 0) is 14.3 Å². The second-order valence-corrected chi connectivity index (χ2v) is 8.48. The lowest BCUT2D eigenvalue weighted by Crippen LogP contribution is -3.16. The molecule has 0 saturated carbocycles. The molecule has 0 bridgehead atoms. The number of rotatable bonds is 6. The number of amides is 1. The normalized spacial score (nSPS) is 21.6. The third-order valence-corrected chi connectivity index (χ3v) is 5.94. The smallest absolute Gasteiger partial charge is 0.341 e. The van der Waals surface area contributed by atoms with Gasteiger partial charge >= 0.3 is 5.97 Å². The molecule has 6 nitrogen and oxygen atoms in total. The highest BCUT2D eigenvalue weighted by Gasteiger charge is 2.29. The zero-order valence-electron chi connectivity index (χ0n) is 16.8. The van der Waals surface area contributed by atoms with E-state index in [9.17, 15) is 9.59 Å². The van der Waals surface area contributed by atoms with E-state index in [-0.39, 0.29) is 24.7 Å². The highest BCUT2D eigenvalue weighted by molar-refractivity contribution is 7.15. The van der Waals surface area contributed by atoms with Crippen LogP contribution in [0, 0.1) is 0 Å². The van der Waals surface area contributed by atoms with Gasteiger partial charge in [-0.15, -0.1) is 11.3 Å². The van der Waals surface area contributed by atoms with Gasteiger partial charge < -0.3 is 19.7 Å². The van der Waals surface area contributed by atoms with Gasteiger partial charge in [-0.05, 0) is 26.8 Å². The van der Waals surface area contributed by atoms with Crippen LogP contribution in [0.15, 0.2) is 29.6 Å². The van der Waals surface area contributed by atoms with E-state index >= 15 is 0 Å². The number of carbonyl (C=O) groups is 2. The second kappa shape index (κ2) is 9.71. The van der Waals surface area contributed by atoms with Crippen LogP contribution in [0.25, 0.3) is 11.1 Å². The Balaban J connectivity index is 1.82. The Morgan fingerprint density at radius 1 is 1.24 bits per heavy atom. The largest absolute Gasteiger partial charge is 0.462 e. The van der Waals surface area contributed by atoms with Gasteiger partial charge in [0.1, 0.15) is 35.9 Å². The molecule has 1 fully saturated rings. The van der Waals surface area contributed by atoms with Crippen molar-refractivity contribution in [3.63, 3.8) is 0 Å². The molecular formula is C21H26ClN2O4S+. The lowest BCUT2D eigenvalue weighted by Gasteiger charge is -2.31. The van der Waals surface area contributed by atoms with Crippen LogP contribution in [0.3, 0.4) is 0 Å². The van der Waals surface area contributed by atoms with E-state index in [1.165, 1.54) is 11.3 Å². The molecule has 0 unspecified atom stereocenters. The van der Waals surface area contributed by atoms with Gasteiger partial charge in [0.15, 0.2) is 6.54 Å². The van der Waals surface area contributed by atoms with Crippen molar-refractivity contribution >= 4 is 39.8 Å². The van der Waals surface area contributed by atoms with Crippen molar-refractivity contribution in [3.8, 4) is 11.1 Å². The van der Waals surface area contributed by atoms with Crippen LogP contribution in [0.2, 0.25) is 5.02 Å². The molecule has 0 aliphatic carbocycles. The Kier molecular flexibility index (Phi) is 7.29. The predicted octanol–water partition coefficient (Wildman–Crippen LogP) is 2.88. The fourth-order valence-corrected chi connectivity index (χ4v) is 4.87. The number of hydrogen-bond acceptors (Lipinski definition) is 5. The summed E-state index contributed by atoms with van der Waals surface area (Å²) in [5.74, 6) is -0.612. The Morgan fingerprint density at radius 2 is 1.93 bits per heavy atom. The summed E-state index contributed by atoms with van der Waals surface area (Å²) in [7, 11) is 0. The van der Waals surface area contributed by atoms with E-state index in [1.807, 2.05) is 37.4 Å². The molecule has 0 radical (unpaired) electrons. The number of hydrogen-bond donors (Lipinski definition) is 2. The SMILES string of the molecule is CCOC(=O)c1c(-c2ccccc2Cl)csc1NC(=O)C[NH+]1C[C@@H](C)O[C@H](C)C1. The third-order valence-electron chi connectivity index (χ3n) is 4.72. The van der Waals surface area contributed by atoms with E-state index in [2.05, 4.69) is 5.32 Å². The Bertz CT molecular complexity index is 875. The molecule has 1 aromatic carbocycles. The van der Waals surface area contributed by atoms with Gasteiger partial charge in [-0.25, -0.2) is 4.79 Å². The molecular weight excluding hydrogens is 412 g/mol. The molecule has 3 rings (SSSR count). The molecule has 1 aliphatic rings. The van der Waals surface area contributed by atoms with Crippen molar-refractivity contribution in [1.29, 1.82) is 0 Å². The number of anilines is 1. The quantitative estimate of drug-likeness (QED) is 0.682. The van der Waals surface area contributed by atoms with Crippen molar-refractivity contribution in [2.24, 2.45) is 0 Å². The molecule has 1 saturated heterocycles. The van der Waals surface area contributed by atoms with Crippen molar-refractivity contribution in [2.75, 3.05) is 31.6 Å². The highest BCUT2D eigenvalue weighted by atomic mass is 35.5. The average molecular weight is 438 g/mol. The number of quaternary nitrogens is 1. The first-order valence-corrected chi connectivity index (χ1v) is 11.0. The number of halogens is 1. The maximum absolute atomic E-state index is 12.7. The van der Waals surface area contributed by atoms with Crippen LogP contribution in [0.1, 0.15) is 31.1 Å². The highest BCUT2D eigenvalue weighted by Crippen LogP contribution is 2.39. The molecule has 2 atom stereocenters. The molecule has 156 valence electrons. The van der Waals surface area contributed by atoms with Crippen LogP contribution in [0.4, 0.5) is 5.00 Å². The fourth-order valence-electron chi connectivity index (χ4n) is 3.67. The monoisotopic (exact) mass is 437 g/mol. The van der Waals surface area contributed by atoms with Gasteiger partial charge in [-0.3, -0.25) is 4.79 Å². The van der Waals surface area contributed by atoms with Crippen LogP contribution in [-0.4, -0.2) is 50.3 Å². The van der Waals surface area contributed by atoms with E-state index in [4.69, 9.17) is 21.1 Å². The molecule has 2 heterocycles. The van der Waals surface area contributed by atoms with Crippen LogP contribution < -0.4 is 10.2 Å². The summed E-state index contributed by atoms with van der Waals surface area (Å²) in [5.41, 5.74) is 1.74. The molecule has 8 heteroatoms. The van der Waals surface area contributed by atoms with Crippen molar-refractivity contribution in [3.05, 3.63) is 40.2 Å². The van der Waals surface area contributed by atoms with E-state index in [0.717, 1.165) is 23.6 Å². The molecule has 0 spiro atoms. The molecule has 1 amide bonds. The van der Waals surface area contributed by atoms with E-state index in [1.54, 1.807) is 13.0 Å². The first-order valence-electron chi connectivity index (χ1n) is 9.71. The zero-order chi connectivity index (χ0) is 21.0. The van der Waals surface area contributed by atoms with Crippen molar-refractivity contribution in [1.82, 2.24) is 0 Å². The van der Waals surface area contributed by atoms with E-state index in [0.29, 0.717) is 27.7 Å². The summed E-state index contributed by atoms with van der Waals surface area (Å²) in [5, 5.41) is 5.76. The van der Waals surface area contributed by atoms with Gasteiger partial charge in [-0.1, -0.05) is 29.8 Å². The topological polar surface area (TPSA) is 69.1 Å². The number of morpholine rings is 1. The maximum Gasteiger partial charge on any atom is 0.341 e. The second-order valence-electron chi connectivity index (χ2n) is 7.19. The van der Waals surface area contributed by atoms with Crippen molar-refractivity contribution in [2.45, 2.75) is 33.0 Å². The lowest BCUT2D eigenvalue weighted by atomic mass is 10.0. The molecule has 29 heavy (non-hydrogen) atoms. The minimum absolute atomic E-state index is 0.116. The van der Waals surface area contributed by atoms with Crippen LogP contribution >= 0.6 is 22.9 Å². The van der Waals surface area contributed by atoms with Gasteiger partial charge in [0, 0.05) is 21.5 Å². The van der Waals surface area contributed by atoms with Crippen molar-refractivity contribution < 1.29 is 24.0 Å². The van der Waals surface area contributed by atoms with Gasteiger partial charge in [0.2, 0.25) is 0 Å². The van der Waals surface area contributed by atoms with E-state index < -0.39 is 5.97 Å². The number of thiophene rings is 1. The summed E-state index contributed by atoms with van der Waals surface area (Å²) < 4.78 is 11.0. The van der Waals surface area contributed by atoms with Gasteiger partial charge in [0.05, 0.1) is 6.61 Å².